The Labute approximate surface area is 185 Å². The number of carbonyl (C=O) groups excluding carboxylic acids is 3. The van der Waals surface area contributed by atoms with Crippen LogP contribution in [0, 0.1) is 19.7 Å². The van der Waals surface area contributed by atoms with Crippen molar-refractivity contribution in [2.45, 2.75) is 40.3 Å². The summed E-state index contributed by atoms with van der Waals surface area (Å²) in [7, 11) is 0. The van der Waals surface area contributed by atoms with Crippen LogP contribution in [-0.4, -0.2) is 40.2 Å². The van der Waals surface area contributed by atoms with E-state index in [0.717, 1.165) is 0 Å². The molecule has 2 heterocycles. The Hall–Kier alpha value is -3.68. The Morgan fingerprint density at radius 2 is 1.84 bits per heavy atom. The van der Waals surface area contributed by atoms with Crippen LogP contribution in [0.5, 0.6) is 0 Å². The fourth-order valence-electron chi connectivity index (χ4n) is 3.59. The normalized spacial score (nSPS) is 11.8. The van der Waals surface area contributed by atoms with Crippen LogP contribution in [-0.2, 0) is 11.3 Å². The fraction of sp³-hybridized carbons (Fsp3) is 0.292. The van der Waals surface area contributed by atoms with E-state index in [2.05, 4.69) is 4.98 Å². The number of carbonyl (C=O) groups is 3. The van der Waals surface area contributed by atoms with Crippen molar-refractivity contribution in [3.05, 3.63) is 82.3 Å². The quantitative estimate of drug-likeness (QED) is 0.413. The van der Waals surface area contributed by atoms with Crippen LogP contribution < -0.4 is 0 Å². The molecule has 1 atom stereocenters. The lowest BCUT2D eigenvalue weighted by Crippen LogP contribution is -2.43. The maximum atomic E-state index is 13.5. The molecule has 1 N–H and O–H groups in total. The summed E-state index contributed by atoms with van der Waals surface area (Å²) in [5.74, 6) is -1.67. The molecule has 0 aliphatic carbocycles. The summed E-state index contributed by atoms with van der Waals surface area (Å²) in [4.78, 5) is 43.1. The van der Waals surface area contributed by atoms with Crippen molar-refractivity contribution in [3.63, 3.8) is 0 Å². The third-order valence-corrected chi connectivity index (χ3v) is 5.27. The van der Waals surface area contributed by atoms with Crippen molar-refractivity contribution < 1.29 is 27.9 Å². The predicted octanol–water partition coefficient (Wildman–Crippen LogP) is 4.45. The summed E-state index contributed by atoms with van der Waals surface area (Å²) in [6.45, 7) is 6.94. The van der Waals surface area contributed by atoms with Crippen LogP contribution in [0.25, 0.3) is 0 Å². The number of ether oxygens (including phenoxy) is 1. The molecular weight excluding hydrogens is 415 g/mol. The summed E-state index contributed by atoms with van der Waals surface area (Å²) in [6.07, 6.45) is 1.38. The van der Waals surface area contributed by atoms with E-state index in [4.69, 9.17) is 9.15 Å². The fourth-order valence-corrected chi connectivity index (χ4v) is 3.59. The summed E-state index contributed by atoms with van der Waals surface area (Å²) in [5.41, 5.74) is 2.17. The number of rotatable bonds is 8. The summed E-state index contributed by atoms with van der Waals surface area (Å²) >= 11 is 0. The molecule has 0 unspecified atom stereocenters. The largest absolute Gasteiger partial charge is 0.461 e. The monoisotopic (exact) mass is 440 g/mol. The average molecular weight is 440 g/mol. The highest BCUT2D eigenvalue weighted by atomic mass is 19.1. The zero-order valence-electron chi connectivity index (χ0n) is 18.4. The lowest BCUT2D eigenvalue weighted by Gasteiger charge is -2.28. The van der Waals surface area contributed by atoms with Crippen LogP contribution in [0.4, 0.5) is 4.39 Å². The molecule has 0 saturated carbocycles. The Kier molecular flexibility index (Phi) is 6.92. The van der Waals surface area contributed by atoms with Gasteiger partial charge in [-0.15, -0.1) is 0 Å². The number of amides is 1. The number of hydrogen-bond donors (Lipinski definition) is 1. The molecule has 0 radical (unpaired) electrons. The van der Waals surface area contributed by atoms with Crippen LogP contribution in [0.15, 0.2) is 47.1 Å². The van der Waals surface area contributed by atoms with Crippen molar-refractivity contribution in [2.24, 2.45) is 0 Å². The third kappa shape index (κ3) is 4.64. The lowest BCUT2D eigenvalue weighted by atomic mass is 9.99. The van der Waals surface area contributed by atoms with Crippen LogP contribution in [0.2, 0.25) is 0 Å². The van der Waals surface area contributed by atoms with Gasteiger partial charge in [0.25, 0.3) is 5.91 Å². The van der Waals surface area contributed by atoms with Crippen molar-refractivity contribution in [3.8, 4) is 0 Å². The second-order valence-electron chi connectivity index (χ2n) is 7.42. The maximum Gasteiger partial charge on any atom is 0.355 e. The molecule has 168 valence electrons. The molecule has 1 aromatic carbocycles. The molecule has 0 aliphatic rings. The molecule has 32 heavy (non-hydrogen) atoms. The predicted molar refractivity (Wildman–Crippen MR) is 115 cm³/mol. The molecule has 1 amide bonds. The third-order valence-electron chi connectivity index (χ3n) is 5.27. The van der Waals surface area contributed by atoms with E-state index in [-0.39, 0.29) is 30.4 Å². The zero-order valence-corrected chi connectivity index (χ0v) is 18.4. The molecule has 0 spiro atoms. The van der Waals surface area contributed by atoms with Gasteiger partial charge in [-0.3, -0.25) is 9.59 Å². The molecule has 8 heteroatoms. The van der Waals surface area contributed by atoms with E-state index in [9.17, 15) is 18.8 Å². The van der Waals surface area contributed by atoms with Crippen molar-refractivity contribution in [1.82, 2.24) is 9.88 Å². The number of nitrogens with zero attached hydrogens (tertiary/aromatic N) is 1. The van der Waals surface area contributed by atoms with E-state index in [1.165, 1.54) is 29.4 Å². The van der Waals surface area contributed by atoms with Crippen molar-refractivity contribution in [1.29, 1.82) is 0 Å². The molecule has 3 aromatic rings. The number of benzene rings is 1. The Morgan fingerprint density at radius 1 is 1.16 bits per heavy atom. The number of nitrogens with one attached hydrogen (secondary N) is 1. The minimum atomic E-state index is -0.888. The van der Waals surface area contributed by atoms with Crippen LogP contribution in [0.3, 0.4) is 0 Å². The molecule has 0 bridgehead atoms. The van der Waals surface area contributed by atoms with Gasteiger partial charge < -0.3 is 19.0 Å². The van der Waals surface area contributed by atoms with E-state index < -0.39 is 23.7 Å². The molecule has 0 aliphatic heterocycles. The standard InChI is InChI=1S/C24H25FN2O5/c1-5-31-24(30)21-14(2)20(15(3)26-21)22(28)16(4)27(23(29)19-7-6-12-32-19)13-17-8-10-18(25)11-9-17/h6-12,16,26H,5,13H2,1-4H3/t16-/m0/s1. The number of esters is 1. The van der Waals surface area contributed by atoms with Gasteiger partial charge in [-0.25, -0.2) is 9.18 Å². The van der Waals surface area contributed by atoms with E-state index in [0.29, 0.717) is 22.4 Å². The molecule has 0 fully saturated rings. The van der Waals surface area contributed by atoms with Gasteiger partial charge in [0.05, 0.1) is 18.9 Å². The second-order valence-corrected chi connectivity index (χ2v) is 7.42. The minimum absolute atomic E-state index is 0.0694. The number of furan rings is 1. The number of aromatic nitrogens is 1. The van der Waals surface area contributed by atoms with Gasteiger partial charge in [0.1, 0.15) is 11.5 Å². The highest BCUT2D eigenvalue weighted by molar-refractivity contribution is 6.07. The number of halogens is 1. The number of aromatic amines is 1. The van der Waals surface area contributed by atoms with Crippen molar-refractivity contribution >= 4 is 17.7 Å². The van der Waals surface area contributed by atoms with Crippen LogP contribution in [0.1, 0.15) is 62.1 Å². The highest BCUT2D eigenvalue weighted by Crippen LogP contribution is 2.24. The first kappa shape index (κ1) is 23.0. The molecule has 7 nitrogen and oxygen atoms in total. The van der Waals surface area contributed by atoms with Gasteiger partial charge in [-0.2, -0.15) is 0 Å². The number of H-pyrrole nitrogens is 1. The number of Topliss-reactive ketones (excluding diaryl/α,β-unsaturated/α-hetero) is 1. The second kappa shape index (κ2) is 9.64. The first-order valence-corrected chi connectivity index (χ1v) is 10.2. The first-order valence-electron chi connectivity index (χ1n) is 10.2. The highest BCUT2D eigenvalue weighted by Gasteiger charge is 2.32. The van der Waals surface area contributed by atoms with Gasteiger partial charge in [-0.1, -0.05) is 12.1 Å². The minimum Gasteiger partial charge on any atom is -0.461 e. The van der Waals surface area contributed by atoms with Gasteiger partial charge in [0.15, 0.2) is 11.5 Å². The summed E-state index contributed by atoms with van der Waals surface area (Å²) in [5, 5.41) is 0. The topological polar surface area (TPSA) is 92.6 Å². The Morgan fingerprint density at radius 3 is 2.44 bits per heavy atom. The van der Waals surface area contributed by atoms with Gasteiger partial charge in [-0.05, 0) is 63.1 Å². The number of hydrogen-bond acceptors (Lipinski definition) is 5. The smallest absolute Gasteiger partial charge is 0.355 e. The average Bonchev–Trinajstić information content (AvgIpc) is 3.40. The summed E-state index contributed by atoms with van der Waals surface area (Å²) in [6, 6.07) is 7.92. The van der Waals surface area contributed by atoms with E-state index in [1.807, 2.05) is 0 Å². The zero-order chi connectivity index (χ0) is 23.4. The van der Waals surface area contributed by atoms with Gasteiger partial charge in [0.2, 0.25) is 0 Å². The molecule has 0 saturated heterocycles. The summed E-state index contributed by atoms with van der Waals surface area (Å²) < 4.78 is 23.6. The Bertz CT molecular complexity index is 1120. The maximum absolute atomic E-state index is 13.5. The van der Waals surface area contributed by atoms with Crippen molar-refractivity contribution in [2.75, 3.05) is 6.61 Å². The number of aryl methyl sites for hydroxylation is 1. The van der Waals surface area contributed by atoms with Gasteiger partial charge in [0, 0.05) is 17.8 Å². The molecule has 2 aromatic heterocycles. The molecular formula is C24H25FN2O5. The van der Waals surface area contributed by atoms with Crippen LogP contribution >= 0.6 is 0 Å². The first-order chi connectivity index (χ1) is 15.2. The van der Waals surface area contributed by atoms with E-state index >= 15 is 0 Å². The lowest BCUT2D eigenvalue weighted by molar-refractivity contribution is 0.0518. The van der Waals surface area contributed by atoms with E-state index in [1.54, 1.807) is 45.9 Å². The van der Waals surface area contributed by atoms with Gasteiger partial charge >= 0.3 is 5.97 Å². The molecule has 3 rings (SSSR count). The Balaban J connectivity index is 1.96. The number of ketones is 1. The SMILES string of the molecule is CCOC(=O)c1[nH]c(C)c(C(=O)[C@H](C)N(Cc2ccc(F)cc2)C(=O)c2ccco2)c1C.